The van der Waals surface area contributed by atoms with Crippen LogP contribution in [0.15, 0.2) is 30.3 Å². The number of aliphatic carboxylic acids is 1. The first-order chi connectivity index (χ1) is 10.0. The Morgan fingerprint density at radius 3 is 2.62 bits per heavy atom. The highest BCUT2D eigenvalue weighted by molar-refractivity contribution is 5.85. The highest BCUT2D eigenvalue weighted by atomic mass is 16.5. The number of benzene rings is 1. The average molecular weight is 289 g/mol. The van der Waals surface area contributed by atoms with Gasteiger partial charge in [-0.05, 0) is 37.0 Å². The molecule has 2 N–H and O–H groups in total. The average Bonchev–Trinajstić information content (AvgIpc) is 2.90. The first-order valence-corrected chi connectivity index (χ1v) is 6.97. The second-order valence-electron chi connectivity index (χ2n) is 5.14. The van der Waals surface area contributed by atoms with Crippen molar-refractivity contribution in [3.05, 3.63) is 41.5 Å². The van der Waals surface area contributed by atoms with Crippen LogP contribution in [-0.2, 0) is 20.9 Å². The van der Waals surface area contributed by atoms with Crippen molar-refractivity contribution in [1.29, 1.82) is 0 Å². The lowest BCUT2D eigenvalue weighted by molar-refractivity contribution is -0.132. The minimum absolute atomic E-state index is 0.0748. The van der Waals surface area contributed by atoms with Gasteiger partial charge in [0.2, 0.25) is 5.91 Å². The first kappa shape index (κ1) is 15.3. The van der Waals surface area contributed by atoms with E-state index in [4.69, 9.17) is 9.84 Å². The maximum absolute atomic E-state index is 11.9. The Hall–Kier alpha value is -2.14. The molecule has 0 spiro atoms. The quantitative estimate of drug-likeness (QED) is 0.813. The fourth-order valence-electron chi connectivity index (χ4n) is 2.21. The van der Waals surface area contributed by atoms with E-state index in [2.05, 4.69) is 5.32 Å². The Balaban J connectivity index is 1.83. The first-order valence-electron chi connectivity index (χ1n) is 6.97. The van der Waals surface area contributed by atoms with Gasteiger partial charge in [0, 0.05) is 12.6 Å². The van der Waals surface area contributed by atoms with Crippen LogP contribution < -0.4 is 5.32 Å². The Labute approximate surface area is 123 Å². The van der Waals surface area contributed by atoms with E-state index in [1.165, 1.54) is 6.08 Å². The van der Waals surface area contributed by atoms with Crippen LogP contribution in [0.25, 0.3) is 6.08 Å². The fourth-order valence-corrected chi connectivity index (χ4v) is 2.21. The Morgan fingerprint density at radius 1 is 1.33 bits per heavy atom. The van der Waals surface area contributed by atoms with Gasteiger partial charge in [-0.25, -0.2) is 4.79 Å². The molecule has 2 unspecified atom stereocenters. The Kier molecular flexibility index (Phi) is 5.11. The van der Waals surface area contributed by atoms with E-state index in [0.717, 1.165) is 30.0 Å². The highest BCUT2D eigenvalue weighted by Crippen LogP contribution is 2.19. The van der Waals surface area contributed by atoms with Crippen LogP contribution in [0.3, 0.4) is 0 Å². The molecule has 2 atom stereocenters. The lowest BCUT2D eigenvalue weighted by Gasteiger charge is -2.11. The summed E-state index contributed by atoms with van der Waals surface area (Å²) >= 11 is 0. The number of carboxylic acid groups (broad SMARTS) is 1. The van der Waals surface area contributed by atoms with Crippen molar-refractivity contribution in [3.63, 3.8) is 0 Å². The van der Waals surface area contributed by atoms with Crippen molar-refractivity contribution >= 4 is 18.0 Å². The second-order valence-corrected chi connectivity index (χ2v) is 5.14. The Morgan fingerprint density at radius 2 is 2.05 bits per heavy atom. The van der Waals surface area contributed by atoms with E-state index in [-0.39, 0.29) is 18.1 Å². The van der Waals surface area contributed by atoms with Crippen LogP contribution in [0.4, 0.5) is 0 Å². The number of hydrogen-bond donors (Lipinski definition) is 2. The van der Waals surface area contributed by atoms with Gasteiger partial charge in [-0.3, -0.25) is 4.79 Å². The summed E-state index contributed by atoms with van der Waals surface area (Å²) < 4.78 is 5.51. The third-order valence-electron chi connectivity index (χ3n) is 3.39. The van der Waals surface area contributed by atoms with Gasteiger partial charge >= 0.3 is 5.97 Å². The molecule has 1 aliphatic rings. The number of rotatable bonds is 5. The molecule has 5 nitrogen and oxygen atoms in total. The largest absolute Gasteiger partial charge is 0.478 e. The van der Waals surface area contributed by atoms with Crippen molar-refractivity contribution in [2.75, 3.05) is 0 Å². The SMILES string of the molecule is CC1CCC(C(=O)NCc2ccc(/C=C/C(=O)O)cc2)O1. The zero-order valence-electron chi connectivity index (χ0n) is 11.9. The third kappa shape index (κ3) is 4.72. The zero-order chi connectivity index (χ0) is 15.2. The maximum Gasteiger partial charge on any atom is 0.328 e. The maximum atomic E-state index is 11.9. The smallest absolute Gasteiger partial charge is 0.328 e. The molecule has 0 radical (unpaired) electrons. The van der Waals surface area contributed by atoms with Crippen molar-refractivity contribution in [3.8, 4) is 0 Å². The summed E-state index contributed by atoms with van der Waals surface area (Å²) in [6.45, 7) is 2.41. The number of nitrogens with one attached hydrogen (secondary N) is 1. The van der Waals surface area contributed by atoms with Gasteiger partial charge in [0.15, 0.2) is 0 Å². The van der Waals surface area contributed by atoms with Crippen LogP contribution >= 0.6 is 0 Å². The van der Waals surface area contributed by atoms with Gasteiger partial charge in [0.25, 0.3) is 0 Å². The number of carbonyl (C=O) groups is 2. The van der Waals surface area contributed by atoms with Crippen LogP contribution in [0.1, 0.15) is 30.9 Å². The standard InChI is InChI=1S/C16H19NO4/c1-11-2-8-14(21-11)16(20)17-10-13-5-3-12(4-6-13)7-9-15(18)19/h3-7,9,11,14H,2,8,10H2,1H3,(H,17,20)(H,18,19)/b9-7+. The van der Waals surface area contributed by atoms with E-state index in [9.17, 15) is 9.59 Å². The normalized spacial score (nSPS) is 21.6. The van der Waals surface area contributed by atoms with Gasteiger partial charge in [0.05, 0.1) is 6.10 Å². The molecule has 5 heteroatoms. The molecule has 0 aromatic heterocycles. The van der Waals surface area contributed by atoms with Crippen LogP contribution in [0.5, 0.6) is 0 Å². The van der Waals surface area contributed by atoms with Crippen LogP contribution in [0, 0.1) is 0 Å². The molecule has 1 aliphatic heterocycles. The Bertz CT molecular complexity index is 536. The molecule has 21 heavy (non-hydrogen) atoms. The van der Waals surface area contributed by atoms with Crippen LogP contribution in [0.2, 0.25) is 0 Å². The summed E-state index contributed by atoms with van der Waals surface area (Å²) in [5.74, 6) is -1.05. The topological polar surface area (TPSA) is 75.6 Å². The number of ether oxygens (including phenoxy) is 1. The molecule has 0 saturated carbocycles. The van der Waals surface area contributed by atoms with Crippen molar-refractivity contribution in [2.24, 2.45) is 0 Å². The number of amides is 1. The summed E-state index contributed by atoms with van der Waals surface area (Å²) in [7, 11) is 0. The summed E-state index contributed by atoms with van der Waals surface area (Å²) in [5.41, 5.74) is 1.77. The van der Waals surface area contributed by atoms with E-state index in [1.54, 1.807) is 0 Å². The molecule has 1 fully saturated rings. The zero-order valence-corrected chi connectivity index (χ0v) is 11.9. The van der Waals surface area contributed by atoms with Crippen LogP contribution in [-0.4, -0.2) is 29.2 Å². The predicted molar refractivity (Wildman–Crippen MR) is 78.5 cm³/mol. The van der Waals surface area contributed by atoms with Crippen molar-refractivity contribution in [1.82, 2.24) is 5.32 Å². The summed E-state index contributed by atoms with van der Waals surface area (Å²) in [4.78, 5) is 22.3. The van der Waals surface area contributed by atoms with E-state index in [0.29, 0.717) is 6.54 Å². The molecule has 0 bridgehead atoms. The minimum atomic E-state index is -0.975. The second kappa shape index (κ2) is 7.04. The number of hydrogen-bond acceptors (Lipinski definition) is 3. The lowest BCUT2D eigenvalue weighted by atomic mass is 10.1. The summed E-state index contributed by atoms with van der Waals surface area (Å²) in [5, 5.41) is 11.4. The van der Waals surface area contributed by atoms with E-state index in [1.807, 2.05) is 31.2 Å². The van der Waals surface area contributed by atoms with Gasteiger partial charge in [-0.2, -0.15) is 0 Å². The molecule has 1 amide bonds. The molecule has 1 saturated heterocycles. The molecule has 0 aliphatic carbocycles. The number of carboxylic acids is 1. The van der Waals surface area contributed by atoms with Crippen molar-refractivity contribution in [2.45, 2.75) is 38.5 Å². The van der Waals surface area contributed by atoms with E-state index >= 15 is 0 Å². The lowest BCUT2D eigenvalue weighted by Crippen LogP contribution is -2.34. The third-order valence-corrected chi connectivity index (χ3v) is 3.39. The molecule has 1 heterocycles. The molecular formula is C16H19NO4. The van der Waals surface area contributed by atoms with Gasteiger partial charge in [-0.15, -0.1) is 0 Å². The van der Waals surface area contributed by atoms with E-state index < -0.39 is 5.97 Å². The fraction of sp³-hybridized carbons (Fsp3) is 0.375. The molecule has 1 aromatic carbocycles. The van der Waals surface area contributed by atoms with Gasteiger partial charge < -0.3 is 15.2 Å². The highest BCUT2D eigenvalue weighted by Gasteiger charge is 2.27. The molecule has 2 rings (SSSR count). The summed E-state index contributed by atoms with van der Waals surface area (Å²) in [6, 6.07) is 7.35. The number of carbonyl (C=O) groups excluding carboxylic acids is 1. The molecule has 112 valence electrons. The monoisotopic (exact) mass is 289 g/mol. The summed E-state index contributed by atoms with van der Waals surface area (Å²) in [6.07, 6.45) is 4.13. The minimum Gasteiger partial charge on any atom is -0.478 e. The van der Waals surface area contributed by atoms with Crippen molar-refractivity contribution < 1.29 is 19.4 Å². The predicted octanol–water partition coefficient (Wildman–Crippen LogP) is 1.97. The van der Waals surface area contributed by atoms with Gasteiger partial charge in [0.1, 0.15) is 6.10 Å². The van der Waals surface area contributed by atoms with Gasteiger partial charge in [-0.1, -0.05) is 24.3 Å². The molecule has 1 aromatic rings. The molecular weight excluding hydrogens is 270 g/mol.